The minimum absolute atomic E-state index is 0.294. The predicted octanol–water partition coefficient (Wildman–Crippen LogP) is 2.34. The first-order valence-corrected chi connectivity index (χ1v) is 6.29. The van der Waals surface area contributed by atoms with Crippen LogP contribution in [0.1, 0.15) is 19.3 Å². The van der Waals surface area contributed by atoms with Gasteiger partial charge >= 0.3 is 0 Å². The Bertz CT molecular complexity index is 407. The number of nitrogens with two attached hydrogens (primary N) is 1. The molecule has 1 saturated carbocycles. The molecule has 1 aliphatic rings. The van der Waals surface area contributed by atoms with Crippen molar-refractivity contribution in [3.63, 3.8) is 0 Å². The van der Waals surface area contributed by atoms with Crippen LogP contribution in [-0.4, -0.2) is 17.3 Å². The van der Waals surface area contributed by atoms with E-state index in [-0.39, 0.29) is 5.82 Å². The molecule has 0 heterocycles. The Labute approximate surface area is 107 Å². The maximum atomic E-state index is 13.3. The third-order valence-electron chi connectivity index (χ3n) is 2.98. The van der Waals surface area contributed by atoms with Crippen LogP contribution in [0, 0.1) is 9.39 Å². The van der Waals surface area contributed by atoms with Crippen LogP contribution in [0.15, 0.2) is 12.1 Å². The van der Waals surface area contributed by atoms with Crippen LogP contribution in [0.2, 0.25) is 0 Å². The van der Waals surface area contributed by atoms with Crippen LogP contribution in [0.25, 0.3) is 0 Å². The molecule has 1 aromatic carbocycles. The van der Waals surface area contributed by atoms with Crippen molar-refractivity contribution in [1.29, 1.82) is 0 Å². The van der Waals surface area contributed by atoms with E-state index in [0.717, 1.165) is 19.3 Å². The summed E-state index contributed by atoms with van der Waals surface area (Å²) in [5.41, 5.74) is 6.19. The first-order chi connectivity index (χ1) is 7.50. The average molecular weight is 336 g/mol. The lowest BCUT2D eigenvalue weighted by molar-refractivity contribution is -0.0201. The molecule has 0 amide bonds. The highest BCUT2D eigenvalue weighted by Gasteiger charge is 2.34. The first-order valence-electron chi connectivity index (χ1n) is 5.21. The molecule has 5 heteroatoms. The van der Waals surface area contributed by atoms with Gasteiger partial charge < -0.3 is 16.2 Å². The van der Waals surface area contributed by atoms with E-state index >= 15 is 0 Å². The highest BCUT2D eigenvalue weighted by atomic mass is 127. The van der Waals surface area contributed by atoms with Gasteiger partial charge in [-0.2, -0.15) is 0 Å². The minimum Gasteiger partial charge on any atom is -0.397 e. The maximum absolute atomic E-state index is 13.3. The third-order valence-corrected chi connectivity index (χ3v) is 3.81. The number of nitrogens with one attached hydrogen (secondary N) is 1. The van der Waals surface area contributed by atoms with Gasteiger partial charge in [-0.05, 0) is 47.9 Å². The number of hydrogen-bond acceptors (Lipinski definition) is 3. The fraction of sp³-hybridized carbons (Fsp3) is 0.455. The van der Waals surface area contributed by atoms with Crippen molar-refractivity contribution < 1.29 is 9.50 Å². The summed E-state index contributed by atoms with van der Waals surface area (Å²) in [5.74, 6) is -0.294. The predicted molar refractivity (Wildman–Crippen MR) is 70.8 cm³/mol. The lowest BCUT2D eigenvalue weighted by Crippen LogP contribution is -2.43. The fourth-order valence-corrected chi connectivity index (χ4v) is 2.23. The van der Waals surface area contributed by atoms with E-state index in [2.05, 4.69) is 5.32 Å². The molecule has 0 atom stereocenters. The molecule has 0 unspecified atom stereocenters. The molecule has 3 nitrogen and oxygen atoms in total. The summed E-state index contributed by atoms with van der Waals surface area (Å²) in [6, 6.07) is 2.96. The van der Waals surface area contributed by atoms with Crippen molar-refractivity contribution in [3.8, 4) is 0 Å². The maximum Gasteiger partial charge on any atom is 0.138 e. The molecule has 1 aromatic rings. The zero-order valence-corrected chi connectivity index (χ0v) is 10.9. The largest absolute Gasteiger partial charge is 0.397 e. The van der Waals surface area contributed by atoms with Crippen LogP contribution in [0.4, 0.5) is 15.8 Å². The smallest absolute Gasteiger partial charge is 0.138 e. The Kier molecular flexibility index (Phi) is 3.25. The monoisotopic (exact) mass is 336 g/mol. The van der Waals surface area contributed by atoms with Gasteiger partial charge in [-0.25, -0.2) is 4.39 Å². The normalized spacial score (nSPS) is 17.9. The zero-order valence-electron chi connectivity index (χ0n) is 8.76. The van der Waals surface area contributed by atoms with Crippen molar-refractivity contribution in [2.24, 2.45) is 0 Å². The van der Waals surface area contributed by atoms with Crippen LogP contribution in [0.5, 0.6) is 0 Å². The van der Waals surface area contributed by atoms with Gasteiger partial charge in [0.15, 0.2) is 0 Å². The van der Waals surface area contributed by atoms with Crippen LogP contribution < -0.4 is 11.1 Å². The fourth-order valence-electron chi connectivity index (χ4n) is 1.74. The second kappa shape index (κ2) is 4.37. The topological polar surface area (TPSA) is 58.3 Å². The van der Waals surface area contributed by atoms with Gasteiger partial charge in [-0.15, -0.1) is 0 Å². The lowest BCUT2D eigenvalue weighted by Gasteiger charge is -2.37. The second-order valence-electron chi connectivity index (χ2n) is 4.29. The van der Waals surface area contributed by atoms with Gasteiger partial charge in [0.25, 0.3) is 0 Å². The number of benzene rings is 1. The van der Waals surface area contributed by atoms with Gasteiger partial charge in [0.1, 0.15) is 5.82 Å². The molecular formula is C11H14FIN2O. The molecule has 1 aliphatic carbocycles. The van der Waals surface area contributed by atoms with Crippen molar-refractivity contribution in [2.75, 3.05) is 17.6 Å². The lowest BCUT2D eigenvalue weighted by atomic mass is 9.80. The average Bonchev–Trinajstić information content (AvgIpc) is 2.19. The highest BCUT2D eigenvalue weighted by molar-refractivity contribution is 14.1. The zero-order chi connectivity index (χ0) is 11.8. The van der Waals surface area contributed by atoms with Crippen molar-refractivity contribution in [3.05, 3.63) is 21.5 Å². The quantitative estimate of drug-likeness (QED) is 0.587. The van der Waals surface area contributed by atoms with Crippen LogP contribution >= 0.6 is 22.6 Å². The molecule has 0 aliphatic heterocycles. The van der Waals surface area contributed by atoms with Crippen molar-refractivity contribution in [2.45, 2.75) is 24.9 Å². The number of halogens is 2. The van der Waals surface area contributed by atoms with Crippen molar-refractivity contribution >= 4 is 34.0 Å². The molecular weight excluding hydrogens is 322 g/mol. The van der Waals surface area contributed by atoms with E-state index in [4.69, 9.17) is 5.73 Å². The summed E-state index contributed by atoms with van der Waals surface area (Å²) >= 11 is 1.90. The van der Waals surface area contributed by atoms with E-state index in [1.807, 2.05) is 22.6 Å². The summed E-state index contributed by atoms with van der Waals surface area (Å²) < 4.78 is 13.8. The highest BCUT2D eigenvalue weighted by Crippen LogP contribution is 2.32. The van der Waals surface area contributed by atoms with Crippen LogP contribution in [0.3, 0.4) is 0 Å². The van der Waals surface area contributed by atoms with Gasteiger partial charge in [0.2, 0.25) is 0 Å². The molecule has 4 N–H and O–H groups in total. The number of rotatable bonds is 3. The van der Waals surface area contributed by atoms with E-state index in [0.29, 0.717) is 21.5 Å². The summed E-state index contributed by atoms with van der Waals surface area (Å²) in [5, 5.41) is 12.9. The number of hydrogen-bond donors (Lipinski definition) is 3. The molecule has 0 aromatic heterocycles. The Balaban J connectivity index is 2.06. The summed E-state index contributed by atoms with van der Waals surface area (Å²) in [4.78, 5) is 0. The van der Waals surface area contributed by atoms with E-state index < -0.39 is 5.60 Å². The summed E-state index contributed by atoms with van der Waals surface area (Å²) in [6.45, 7) is 0.428. The SMILES string of the molecule is Nc1cc(I)c(F)cc1NCC1(O)CCC1. The Morgan fingerprint density at radius 2 is 2.19 bits per heavy atom. The van der Waals surface area contributed by atoms with Crippen molar-refractivity contribution in [1.82, 2.24) is 0 Å². The van der Waals surface area contributed by atoms with E-state index in [9.17, 15) is 9.50 Å². The molecule has 0 radical (unpaired) electrons. The number of aliphatic hydroxyl groups is 1. The minimum atomic E-state index is -0.633. The van der Waals surface area contributed by atoms with Gasteiger partial charge in [0.05, 0.1) is 20.5 Å². The molecule has 2 rings (SSSR count). The van der Waals surface area contributed by atoms with Gasteiger partial charge in [-0.3, -0.25) is 0 Å². The third kappa shape index (κ3) is 2.40. The molecule has 0 bridgehead atoms. The Morgan fingerprint density at radius 1 is 1.50 bits per heavy atom. The Morgan fingerprint density at radius 3 is 2.75 bits per heavy atom. The molecule has 16 heavy (non-hydrogen) atoms. The number of anilines is 2. The summed E-state index contributed by atoms with van der Waals surface area (Å²) in [7, 11) is 0. The second-order valence-corrected chi connectivity index (χ2v) is 5.45. The molecule has 0 spiro atoms. The van der Waals surface area contributed by atoms with Gasteiger partial charge in [0, 0.05) is 12.6 Å². The molecule has 88 valence electrons. The first kappa shape index (κ1) is 11.9. The van der Waals surface area contributed by atoms with Gasteiger partial charge in [-0.1, -0.05) is 0 Å². The summed E-state index contributed by atoms with van der Waals surface area (Å²) in [6.07, 6.45) is 2.65. The standard InChI is InChI=1S/C11H14FIN2O/c12-7-4-10(9(14)5-8(7)13)15-6-11(16)2-1-3-11/h4-5,15-16H,1-3,6,14H2. The van der Waals surface area contributed by atoms with E-state index in [1.165, 1.54) is 6.07 Å². The Hall–Kier alpha value is -0.560. The van der Waals surface area contributed by atoms with Crippen LogP contribution in [-0.2, 0) is 0 Å². The van der Waals surface area contributed by atoms with E-state index in [1.54, 1.807) is 6.07 Å². The molecule has 1 fully saturated rings. The molecule has 0 saturated heterocycles. The number of nitrogen functional groups attached to an aromatic ring is 1.